The zero-order chi connectivity index (χ0) is 15.0. The number of amides is 1. The van der Waals surface area contributed by atoms with Gasteiger partial charge >= 0.3 is 0 Å². The predicted molar refractivity (Wildman–Crippen MR) is 74.7 cm³/mol. The number of aromatic nitrogens is 6. The molecular formula is C13H15N7O. The maximum atomic E-state index is 12.4. The summed E-state index contributed by atoms with van der Waals surface area (Å²) < 4.78 is 1.67. The van der Waals surface area contributed by atoms with Crippen LogP contribution in [0.2, 0.25) is 0 Å². The van der Waals surface area contributed by atoms with Crippen LogP contribution in [-0.4, -0.2) is 35.7 Å². The van der Waals surface area contributed by atoms with Gasteiger partial charge in [-0.05, 0) is 20.8 Å². The van der Waals surface area contributed by atoms with Gasteiger partial charge in [0.15, 0.2) is 5.65 Å². The molecule has 1 unspecified atom stereocenters. The maximum absolute atomic E-state index is 12.4. The maximum Gasteiger partial charge on any atom is 0.255 e. The molecule has 0 fully saturated rings. The first-order valence-electron chi connectivity index (χ1n) is 6.54. The number of rotatable bonds is 3. The SMILES string of the molecule is Cc1cc2ncc(C(=O)NC(C)c3ncn[nH]3)c(C)n2n1. The smallest absolute Gasteiger partial charge is 0.255 e. The van der Waals surface area contributed by atoms with Crippen molar-refractivity contribution in [2.24, 2.45) is 0 Å². The number of nitrogens with zero attached hydrogens (tertiary/aromatic N) is 5. The van der Waals surface area contributed by atoms with E-state index in [1.54, 1.807) is 10.7 Å². The number of carbonyl (C=O) groups excluding carboxylic acids is 1. The van der Waals surface area contributed by atoms with Gasteiger partial charge in [-0.1, -0.05) is 0 Å². The van der Waals surface area contributed by atoms with E-state index in [1.807, 2.05) is 26.8 Å². The average Bonchev–Trinajstić information content (AvgIpc) is 3.07. The molecule has 2 N–H and O–H groups in total. The molecule has 0 saturated heterocycles. The fraction of sp³-hybridized carbons (Fsp3) is 0.308. The Hall–Kier alpha value is -2.77. The molecule has 0 radical (unpaired) electrons. The van der Waals surface area contributed by atoms with Crippen LogP contribution in [0.4, 0.5) is 0 Å². The van der Waals surface area contributed by atoms with Gasteiger partial charge in [-0.25, -0.2) is 14.5 Å². The summed E-state index contributed by atoms with van der Waals surface area (Å²) in [5.74, 6) is 0.379. The van der Waals surface area contributed by atoms with Crippen molar-refractivity contribution in [3.05, 3.63) is 41.4 Å². The molecule has 1 atom stereocenters. The van der Waals surface area contributed by atoms with Gasteiger partial charge in [0, 0.05) is 12.3 Å². The van der Waals surface area contributed by atoms with Gasteiger partial charge in [0.2, 0.25) is 0 Å². The number of nitrogens with one attached hydrogen (secondary N) is 2. The summed E-state index contributed by atoms with van der Waals surface area (Å²) in [5.41, 5.74) is 2.82. The van der Waals surface area contributed by atoms with Gasteiger partial charge < -0.3 is 5.32 Å². The molecule has 3 aromatic rings. The van der Waals surface area contributed by atoms with Crippen molar-refractivity contribution in [3.8, 4) is 0 Å². The van der Waals surface area contributed by atoms with E-state index in [0.29, 0.717) is 11.4 Å². The van der Waals surface area contributed by atoms with E-state index < -0.39 is 0 Å². The molecule has 0 spiro atoms. The molecule has 3 rings (SSSR count). The molecular weight excluding hydrogens is 270 g/mol. The second kappa shape index (κ2) is 4.97. The Morgan fingerprint density at radius 1 is 1.38 bits per heavy atom. The fourth-order valence-electron chi connectivity index (χ4n) is 2.15. The first-order valence-corrected chi connectivity index (χ1v) is 6.54. The normalized spacial score (nSPS) is 12.5. The third-order valence-electron chi connectivity index (χ3n) is 3.28. The highest BCUT2D eigenvalue weighted by Gasteiger charge is 2.17. The Labute approximate surface area is 120 Å². The minimum atomic E-state index is -0.269. The number of hydrogen-bond donors (Lipinski definition) is 2. The Kier molecular flexibility index (Phi) is 3.13. The third kappa shape index (κ3) is 2.35. The minimum Gasteiger partial charge on any atom is -0.342 e. The molecule has 8 nitrogen and oxygen atoms in total. The number of hydrogen-bond acceptors (Lipinski definition) is 5. The van der Waals surface area contributed by atoms with Crippen LogP contribution in [0.25, 0.3) is 5.65 Å². The highest BCUT2D eigenvalue weighted by atomic mass is 16.1. The number of carbonyl (C=O) groups is 1. The first-order chi connectivity index (χ1) is 10.1. The molecule has 0 aliphatic carbocycles. The van der Waals surface area contributed by atoms with Crippen molar-refractivity contribution in [2.75, 3.05) is 0 Å². The van der Waals surface area contributed by atoms with Crippen LogP contribution in [0, 0.1) is 13.8 Å². The van der Waals surface area contributed by atoms with Gasteiger partial charge in [-0.3, -0.25) is 9.89 Å². The Bertz CT molecular complexity index is 790. The molecule has 21 heavy (non-hydrogen) atoms. The van der Waals surface area contributed by atoms with Gasteiger partial charge in [-0.15, -0.1) is 0 Å². The van der Waals surface area contributed by atoms with Crippen molar-refractivity contribution >= 4 is 11.6 Å². The highest BCUT2D eigenvalue weighted by Crippen LogP contribution is 2.13. The lowest BCUT2D eigenvalue weighted by atomic mass is 10.2. The van der Waals surface area contributed by atoms with Crippen LogP contribution in [0.1, 0.15) is 40.5 Å². The second-order valence-corrected chi connectivity index (χ2v) is 4.88. The topological polar surface area (TPSA) is 101 Å². The molecule has 0 saturated carbocycles. The molecule has 0 aromatic carbocycles. The summed E-state index contributed by atoms with van der Waals surface area (Å²) in [7, 11) is 0. The number of fused-ring (bicyclic) bond motifs is 1. The molecule has 0 bridgehead atoms. The largest absolute Gasteiger partial charge is 0.342 e. The Morgan fingerprint density at radius 2 is 2.19 bits per heavy atom. The van der Waals surface area contributed by atoms with Crippen molar-refractivity contribution < 1.29 is 4.79 Å². The zero-order valence-electron chi connectivity index (χ0n) is 12.0. The lowest BCUT2D eigenvalue weighted by molar-refractivity contribution is 0.0936. The van der Waals surface area contributed by atoms with Gasteiger partial charge in [0.05, 0.1) is 23.0 Å². The van der Waals surface area contributed by atoms with E-state index in [1.165, 1.54) is 6.33 Å². The van der Waals surface area contributed by atoms with E-state index in [9.17, 15) is 4.79 Å². The van der Waals surface area contributed by atoms with Crippen LogP contribution in [0.5, 0.6) is 0 Å². The van der Waals surface area contributed by atoms with Crippen LogP contribution >= 0.6 is 0 Å². The number of aryl methyl sites for hydroxylation is 2. The minimum absolute atomic E-state index is 0.223. The van der Waals surface area contributed by atoms with E-state index in [0.717, 1.165) is 17.0 Å². The Morgan fingerprint density at radius 3 is 2.90 bits per heavy atom. The van der Waals surface area contributed by atoms with Gasteiger partial charge in [0.25, 0.3) is 5.91 Å². The molecule has 0 aliphatic rings. The monoisotopic (exact) mass is 285 g/mol. The van der Waals surface area contributed by atoms with Crippen LogP contribution in [-0.2, 0) is 0 Å². The molecule has 3 heterocycles. The summed E-state index contributed by atoms with van der Waals surface area (Å²) in [4.78, 5) is 20.6. The van der Waals surface area contributed by atoms with Crippen LogP contribution in [0.3, 0.4) is 0 Å². The van der Waals surface area contributed by atoms with E-state index in [-0.39, 0.29) is 11.9 Å². The molecule has 3 aromatic heterocycles. The van der Waals surface area contributed by atoms with Crippen molar-refractivity contribution in [3.63, 3.8) is 0 Å². The predicted octanol–water partition coefficient (Wildman–Crippen LogP) is 0.955. The highest BCUT2D eigenvalue weighted by molar-refractivity contribution is 5.95. The standard InChI is InChI=1S/C13H15N7O/c1-7-4-11-14-5-10(9(3)20(11)19-7)13(21)17-8(2)12-15-6-16-18-12/h4-6,8H,1-3H3,(H,17,21)(H,15,16,18). The summed E-state index contributed by atoms with van der Waals surface area (Å²) in [6.07, 6.45) is 2.97. The molecule has 108 valence electrons. The number of H-pyrrole nitrogens is 1. The van der Waals surface area contributed by atoms with Crippen LogP contribution in [0.15, 0.2) is 18.6 Å². The van der Waals surface area contributed by atoms with Crippen molar-refractivity contribution in [1.29, 1.82) is 0 Å². The summed E-state index contributed by atoms with van der Waals surface area (Å²) in [6, 6.07) is 1.60. The summed E-state index contributed by atoms with van der Waals surface area (Å²) in [6.45, 7) is 5.56. The lowest BCUT2D eigenvalue weighted by Crippen LogP contribution is -2.28. The van der Waals surface area contributed by atoms with Crippen molar-refractivity contribution in [2.45, 2.75) is 26.8 Å². The summed E-state index contributed by atoms with van der Waals surface area (Å²) in [5, 5.41) is 13.7. The van der Waals surface area contributed by atoms with Gasteiger partial charge in [-0.2, -0.15) is 10.2 Å². The molecule has 1 amide bonds. The van der Waals surface area contributed by atoms with E-state index in [4.69, 9.17) is 0 Å². The average molecular weight is 285 g/mol. The Balaban J connectivity index is 1.89. The fourth-order valence-corrected chi connectivity index (χ4v) is 2.15. The van der Waals surface area contributed by atoms with Gasteiger partial charge in [0.1, 0.15) is 12.2 Å². The third-order valence-corrected chi connectivity index (χ3v) is 3.28. The quantitative estimate of drug-likeness (QED) is 0.746. The van der Waals surface area contributed by atoms with Crippen molar-refractivity contribution in [1.82, 2.24) is 35.1 Å². The van der Waals surface area contributed by atoms with E-state index in [2.05, 4.69) is 30.6 Å². The second-order valence-electron chi connectivity index (χ2n) is 4.88. The van der Waals surface area contributed by atoms with Crippen LogP contribution < -0.4 is 5.32 Å². The first kappa shape index (κ1) is 13.2. The van der Waals surface area contributed by atoms with E-state index >= 15 is 0 Å². The number of aromatic amines is 1. The molecule has 8 heteroatoms. The lowest BCUT2D eigenvalue weighted by Gasteiger charge is -2.12. The zero-order valence-corrected chi connectivity index (χ0v) is 12.0. The summed E-state index contributed by atoms with van der Waals surface area (Å²) >= 11 is 0. The molecule has 0 aliphatic heterocycles.